The van der Waals surface area contributed by atoms with Crippen LogP contribution in [-0.4, -0.2) is 15.0 Å². The molecule has 0 saturated heterocycles. The summed E-state index contributed by atoms with van der Waals surface area (Å²) in [4.78, 5) is 0.127. The standard InChI is InChI=1S/C18H21FN2O2S/c19-15-6-9-17-14(12-15)2-1-3-18(17)21-11-10-13-4-7-16(8-5-13)24(20,22)23/h4-9,12,18,21H,1-3,10-11H2,(H2,20,22,23)/t18-/m1/s1. The first-order valence-electron chi connectivity index (χ1n) is 8.07. The Morgan fingerprint density at radius 3 is 2.62 bits per heavy atom. The van der Waals surface area contributed by atoms with E-state index in [1.807, 2.05) is 6.07 Å². The van der Waals surface area contributed by atoms with Gasteiger partial charge in [-0.25, -0.2) is 17.9 Å². The normalized spacial score (nSPS) is 17.5. The van der Waals surface area contributed by atoms with Crippen LogP contribution in [0.4, 0.5) is 4.39 Å². The molecule has 0 saturated carbocycles. The Balaban J connectivity index is 1.60. The summed E-state index contributed by atoms with van der Waals surface area (Å²) >= 11 is 0. The quantitative estimate of drug-likeness (QED) is 0.873. The van der Waals surface area contributed by atoms with E-state index in [1.54, 1.807) is 18.2 Å². The van der Waals surface area contributed by atoms with Crippen LogP contribution < -0.4 is 10.5 Å². The minimum Gasteiger partial charge on any atom is -0.310 e. The molecule has 4 nitrogen and oxygen atoms in total. The van der Waals surface area contributed by atoms with Gasteiger partial charge in [-0.2, -0.15) is 0 Å². The highest BCUT2D eigenvalue weighted by Gasteiger charge is 2.19. The van der Waals surface area contributed by atoms with Crippen LogP contribution in [-0.2, 0) is 22.9 Å². The van der Waals surface area contributed by atoms with E-state index in [0.717, 1.165) is 43.4 Å². The van der Waals surface area contributed by atoms with Crippen LogP contribution in [0.15, 0.2) is 47.4 Å². The SMILES string of the molecule is NS(=O)(=O)c1ccc(CCN[C@@H]2CCCc3cc(F)ccc32)cc1. The van der Waals surface area contributed by atoms with Crippen LogP contribution in [0.1, 0.15) is 35.6 Å². The molecule has 1 atom stereocenters. The van der Waals surface area contributed by atoms with E-state index < -0.39 is 10.0 Å². The Hall–Kier alpha value is -1.76. The number of primary sulfonamides is 1. The fraction of sp³-hybridized carbons (Fsp3) is 0.333. The van der Waals surface area contributed by atoms with Crippen LogP contribution >= 0.6 is 0 Å². The number of hydrogen-bond donors (Lipinski definition) is 2. The van der Waals surface area contributed by atoms with Gasteiger partial charge in [0.1, 0.15) is 5.82 Å². The van der Waals surface area contributed by atoms with Crippen LogP contribution in [0.3, 0.4) is 0 Å². The zero-order chi connectivity index (χ0) is 17.2. The van der Waals surface area contributed by atoms with Gasteiger partial charge in [-0.1, -0.05) is 18.2 Å². The highest BCUT2D eigenvalue weighted by molar-refractivity contribution is 7.89. The Labute approximate surface area is 141 Å². The molecule has 0 aliphatic heterocycles. The second kappa shape index (κ2) is 7.01. The lowest BCUT2D eigenvalue weighted by Gasteiger charge is -2.26. The molecule has 0 aromatic heterocycles. The molecule has 3 N–H and O–H groups in total. The van der Waals surface area contributed by atoms with E-state index in [2.05, 4.69) is 5.32 Å². The Morgan fingerprint density at radius 1 is 1.17 bits per heavy atom. The third-order valence-corrected chi connectivity index (χ3v) is 5.40. The number of nitrogens with two attached hydrogens (primary N) is 1. The van der Waals surface area contributed by atoms with E-state index in [9.17, 15) is 12.8 Å². The zero-order valence-electron chi connectivity index (χ0n) is 13.3. The molecular weight excluding hydrogens is 327 g/mol. The van der Waals surface area contributed by atoms with Gasteiger partial charge in [-0.15, -0.1) is 0 Å². The lowest BCUT2D eigenvalue weighted by atomic mass is 9.87. The Kier molecular flexibility index (Phi) is 4.99. The smallest absolute Gasteiger partial charge is 0.238 e. The maximum absolute atomic E-state index is 13.3. The molecule has 3 rings (SSSR count). The van der Waals surface area contributed by atoms with Crippen molar-refractivity contribution >= 4 is 10.0 Å². The average molecular weight is 348 g/mol. The van der Waals surface area contributed by atoms with Crippen LogP contribution in [0, 0.1) is 5.82 Å². The summed E-state index contributed by atoms with van der Waals surface area (Å²) in [6.45, 7) is 0.774. The van der Waals surface area contributed by atoms with E-state index in [-0.39, 0.29) is 16.8 Å². The minimum absolute atomic E-state index is 0.127. The van der Waals surface area contributed by atoms with Crippen molar-refractivity contribution in [3.05, 3.63) is 65.0 Å². The van der Waals surface area contributed by atoms with Crippen molar-refractivity contribution in [2.75, 3.05) is 6.54 Å². The predicted octanol–water partition coefficient (Wildman–Crippen LogP) is 2.68. The molecule has 6 heteroatoms. The molecule has 2 aromatic rings. The largest absolute Gasteiger partial charge is 0.310 e. The lowest BCUT2D eigenvalue weighted by molar-refractivity contribution is 0.460. The van der Waals surface area contributed by atoms with Gasteiger partial charge in [0.15, 0.2) is 0 Å². The molecule has 24 heavy (non-hydrogen) atoms. The number of rotatable bonds is 5. The van der Waals surface area contributed by atoms with Gasteiger partial charge in [0, 0.05) is 6.04 Å². The molecule has 0 amide bonds. The van der Waals surface area contributed by atoms with E-state index in [0.29, 0.717) is 0 Å². The third-order valence-electron chi connectivity index (χ3n) is 4.48. The molecule has 0 fully saturated rings. The van der Waals surface area contributed by atoms with Crippen molar-refractivity contribution in [1.82, 2.24) is 5.32 Å². The van der Waals surface area contributed by atoms with Crippen LogP contribution in [0.5, 0.6) is 0 Å². The van der Waals surface area contributed by atoms with Gasteiger partial charge in [-0.05, 0) is 73.2 Å². The van der Waals surface area contributed by atoms with E-state index >= 15 is 0 Å². The average Bonchev–Trinajstić information content (AvgIpc) is 2.54. The highest BCUT2D eigenvalue weighted by Crippen LogP contribution is 2.30. The number of fused-ring (bicyclic) bond motifs is 1. The molecule has 128 valence electrons. The highest BCUT2D eigenvalue weighted by atomic mass is 32.2. The summed E-state index contributed by atoms with van der Waals surface area (Å²) < 4.78 is 35.8. The molecule has 0 bridgehead atoms. The lowest BCUT2D eigenvalue weighted by Crippen LogP contribution is -2.27. The summed E-state index contributed by atoms with van der Waals surface area (Å²) in [5, 5.41) is 8.62. The monoisotopic (exact) mass is 348 g/mol. The summed E-state index contributed by atoms with van der Waals surface area (Å²) in [5.74, 6) is -0.177. The first-order valence-corrected chi connectivity index (χ1v) is 9.61. The van der Waals surface area contributed by atoms with Crippen molar-refractivity contribution < 1.29 is 12.8 Å². The van der Waals surface area contributed by atoms with Crippen LogP contribution in [0.2, 0.25) is 0 Å². The van der Waals surface area contributed by atoms with Gasteiger partial charge < -0.3 is 5.32 Å². The molecule has 2 aromatic carbocycles. The summed E-state index contributed by atoms with van der Waals surface area (Å²) in [6.07, 6.45) is 3.82. The van der Waals surface area contributed by atoms with Crippen molar-refractivity contribution in [2.24, 2.45) is 5.14 Å². The minimum atomic E-state index is -3.64. The number of sulfonamides is 1. The number of halogens is 1. The fourth-order valence-corrected chi connectivity index (χ4v) is 3.75. The van der Waals surface area contributed by atoms with E-state index in [4.69, 9.17) is 5.14 Å². The summed E-state index contributed by atoms with van der Waals surface area (Å²) in [7, 11) is -3.64. The topological polar surface area (TPSA) is 72.2 Å². The van der Waals surface area contributed by atoms with Crippen molar-refractivity contribution in [3.63, 3.8) is 0 Å². The van der Waals surface area contributed by atoms with Gasteiger partial charge >= 0.3 is 0 Å². The molecule has 0 radical (unpaired) electrons. The third kappa shape index (κ3) is 4.01. The fourth-order valence-electron chi connectivity index (χ4n) is 3.23. The second-order valence-corrected chi connectivity index (χ2v) is 7.74. The molecule has 1 aliphatic carbocycles. The number of benzene rings is 2. The van der Waals surface area contributed by atoms with Crippen molar-refractivity contribution in [1.29, 1.82) is 0 Å². The van der Waals surface area contributed by atoms with Gasteiger partial charge in [-0.3, -0.25) is 0 Å². The summed E-state index contributed by atoms with van der Waals surface area (Å²) in [6, 6.07) is 11.9. The van der Waals surface area contributed by atoms with Crippen LogP contribution in [0.25, 0.3) is 0 Å². The second-order valence-electron chi connectivity index (χ2n) is 6.18. The molecule has 0 spiro atoms. The molecule has 1 aliphatic rings. The zero-order valence-corrected chi connectivity index (χ0v) is 14.2. The Bertz CT molecular complexity index is 819. The van der Waals surface area contributed by atoms with Crippen molar-refractivity contribution in [3.8, 4) is 0 Å². The van der Waals surface area contributed by atoms with Gasteiger partial charge in [0.05, 0.1) is 4.90 Å². The Morgan fingerprint density at radius 2 is 1.92 bits per heavy atom. The molecular formula is C18H21FN2O2S. The summed E-state index contributed by atoms with van der Waals surface area (Å²) in [5.41, 5.74) is 3.33. The maximum Gasteiger partial charge on any atom is 0.238 e. The van der Waals surface area contributed by atoms with Gasteiger partial charge in [0.25, 0.3) is 0 Å². The molecule has 0 unspecified atom stereocenters. The first kappa shape index (κ1) is 17.1. The first-order chi connectivity index (χ1) is 11.4. The van der Waals surface area contributed by atoms with E-state index in [1.165, 1.54) is 23.8 Å². The number of hydrogen-bond acceptors (Lipinski definition) is 3. The van der Waals surface area contributed by atoms with Gasteiger partial charge in [0.2, 0.25) is 10.0 Å². The maximum atomic E-state index is 13.3. The number of nitrogens with one attached hydrogen (secondary N) is 1. The number of aryl methyl sites for hydroxylation is 1. The molecule has 0 heterocycles. The van der Waals surface area contributed by atoms with Crippen molar-refractivity contribution in [2.45, 2.75) is 36.6 Å². The predicted molar refractivity (Wildman–Crippen MR) is 91.6 cm³/mol.